The van der Waals surface area contributed by atoms with Crippen LogP contribution in [-0.2, 0) is 4.79 Å². The van der Waals surface area contributed by atoms with Crippen LogP contribution in [0.15, 0.2) is 23.9 Å². The van der Waals surface area contributed by atoms with Crippen molar-refractivity contribution >= 4 is 5.97 Å². The Labute approximate surface area is 77.3 Å². The Morgan fingerprint density at radius 1 is 1.69 bits per heavy atom. The van der Waals surface area contributed by atoms with Crippen LogP contribution in [0.1, 0.15) is 13.8 Å². The Bertz CT molecular complexity index is 256. The number of carboxylic acids is 1. The fraction of sp³-hybridized carbons (Fsp3) is 0.444. The Kier molecular flexibility index (Phi) is 3.08. The van der Waals surface area contributed by atoms with Crippen molar-refractivity contribution in [2.24, 2.45) is 0 Å². The average molecular weight is 182 g/mol. The SMILES string of the molecule is CC(C)NC1C=CC(C(=O)O)=CN1. The van der Waals surface area contributed by atoms with Crippen molar-refractivity contribution in [2.75, 3.05) is 0 Å². The Balaban J connectivity index is 2.48. The molecule has 0 saturated heterocycles. The van der Waals surface area contributed by atoms with E-state index < -0.39 is 5.97 Å². The molecular formula is C9H14N2O2. The van der Waals surface area contributed by atoms with Gasteiger partial charge < -0.3 is 10.4 Å². The third-order valence-electron chi connectivity index (χ3n) is 1.65. The molecule has 3 N–H and O–H groups in total. The lowest BCUT2D eigenvalue weighted by molar-refractivity contribution is -0.132. The number of carbonyl (C=O) groups is 1. The number of nitrogens with one attached hydrogen (secondary N) is 2. The quantitative estimate of drug-likeness (QED) is 0.592. The summed E-state index contributed by atoms with van der Waals surface area (Å²) >= 11 is 0. The number of dihydropyridines is 1. The van der Waals surface area contributed by atoms with Crippen LogP contribution < -0.4 is 10.6 Å². The number of carboxylic acid groups (broad SMARTS) is 1. The second-order valence-electron chi connectivity index (χ2n) is 3.23. The molecule has 0 aromatic carbocycles. The van der Waals surface area contributed by atoms with Crippen LogP contribution in [0.3, 0.4) is 0 Å². The molecule has 0 bridgehead atoms. The molecule has 0 aliphatic carbocycles. The van der Waals surface area contributed by atoms with Crippen LogP contribution in [-0.4, -0.2) is 23.3 Å². The zero-order valence-corrected chi connectivity index (χ0v) is 7.74. The third-order valence-corrected chi connectivity index (χ3v) is 1.65. The van der Waals surface area contributed by atoms with E-state index in [1.807, 2.05) is 13.8 Å². The molecule has 1 aliphatic rings. The van der Waals surface area contributed by atoms with Gasteiger partial charge in [-0.25, -0.2) is 4.79 Å². The molecule has 13 heavy (non-hydrogen) atoms. The predicted octanol–water partition coefficient (Wildman–Crippen LogP) is 0.438. The first-order valence-electron chi connectivity index (χ1n) is 4.23. The fourth-order valence-corrected chi connectivity index (χ4v) is 1.08. The molecule has 1 unspecified atom stereocenters. The van der Waals surface area contributed by atoms with E-state index in [9.17, 15) is 4.79 Å². The zero-order chi connectivity index (χ0) is 9.84. The fourth-order valence-electron chi connectivity index (χ4n) is 1.08. The van der Waals surface area contributed by atoms with Gasteiger partial charge in [0.1, 0.15) is 0 Å². The molecule has 0 fully saturated rings. The molecule has 1 heterocycles. The summed E-state index contributed by atoms with van der Waals surface area (Å²) in [6.07, 6.45) is 4.92. The van der Waals surface area contributed by atoms with Crippen molar-refractivity contribution in [1.82, 2.24) is 10.6 Å². The highest BCUT2D eigenvalue weighted by atomic mass is 16.4. The van der Waals surface area contributed by atoms with Crippen molar-refractivity contribution in [1.29, 1.82) is 0 Å². The summed E-state index contributed by atoms with van der Waals surface area (Å²) in [5.41, 5.74) is 0.279. The second kappa shape index (κ2) is 4.09. The second-order valence-corrected chi connectivity index (χ2v) is 3.23. The molecule has 4 nitrogen and oxygen atoms in total. The van der Waals surface area contributed by atoms with E-state index in [0.717, 1.165) is 0 Å². The molecular weight excluding hydrogens is 168 g/mol. The van der Waals surface area contributed by atoms with E-state index in [4.69, 9.17) is 5.11 Å². The molecule has 0 aromatic rings. The Morgan fingerprint density at radius 3 is 2.77 bits per heavy atom. The summed E-state index contributed by atoms with van der Waals surface area (Å²) in [6, 6.07) is 0.363. The lowest BCUT2D eigenvalue weighted by Gasteiger charge is -2.21. The standard InChI is InChI=1S/C9H14N2O2/c1-6(2)11-8-4-3-7(5-10-8)9(12)13/h3-6,8,10-11H,1-2H3,(H,12,13). The van der Waals surface area contributed by atoms with E-state index in [1.165, 1.54) is 6.20 Å². The van der Waals surface area contributed by atoms with Gasteiger partial charge in [0.2, 0.25) is 0 Å². The molecule has 4 heteroatoms. The highest BCUT2D eigenvalue weighted by molar-refractivity contribution is 5.89. The largest absolute Gasteiger partial charge is 0.478 e. The summed E-state index contributed by atoms with van der Waals surface area (Å²) in [4.78, 5) is 10.5. The maximum absolute atomic E-state index is 10.5. The monoisotopic (exact) mass is 182 g/mol. The minimum atomic E-state index is -0.910. The molecule has 72 valence electrons. The first kappa shape index (κ1) is 9.80. The van der Waals surface area contributed by atoms with Gasteiger partial charge in [-0.1, -0.05) is 0 Å². The van der Waals surface area contributed by atoms with Gasteiger partial charge in [-0.2, -0.15) is 0 Å². The first-order chi connectivity index (χ1) is 6.09. The van der Waals surface area contributed by atoms with Crippen molar-refractivity contribution in [3.05, 3.63) is 23.9 Å². The van der Waals surface area contributed by atoms with Gasteiger partial charge in [0.15, 0.2) is 0 Å². The van der Waals surface area contributed by atoms with E-state index in [0.29, 0.717) is 6.04 Å². The normalized spacial score (nSPS) is 21.2. The van der Waals surface area contributed by atoms with E-state index in [-0.39, 0.29) is 11.7 Å². The topological polar surface area (TPSA) is 61.4 Å². The van der Waals surface area contributed by atoms with Gasteiger partial charge in [-0.05, 0) is 26.0 Å². The van der Waals surface area contributed by atoms with Crippen molar-refractivity contribution in [3.8, 4) is 0 Å². The Hall–Kier alpha value is -1.29. The highest BCUT2D eigenvalue weighted by Crippen LogP contribution is 2.02. The summed E-state index contributed by atoms with van der Waals surface area (Å²) in [5.74, 6) is -0.910. The number of aliphatic carboxylic acids is 1. The Morgan fingerprint density at radius 2 is 2.38 bits per heavy atom. The zero-order valence-electron chi connectivity index (χ0n) is 7.74. The summed E-state index contributed by atoms with van der Waals surface area (Å²) in [5, 5.41) is 14.8. The van der Waals surface area contributed by atoms with Gasteiger partial charge in [-0.3, -0.25) is 5.32 Å². The maximum Gasteiger partial charge on any atom is 0.337 e. The van der Waals surface area contributed by atoms with E-state index in [1.54, 1.807) is 12.2 Å². The number of hydrogen-bond donors (Lipinski definition) is 3. The summed E-state index contributed by atoms with van der Waals surface area (Å²) in [7, 11) is 0. The number of rotatable bonds is 3. The maximum atomic E-state index is 10.5. The molecule has 0 aromatic heterocycles. The van der Waals surface area contributed by atoms with Crippen LogP contribution in [0.5, 0.6) is 0 Å². The van der Waals surface area contributed by atoms with Gasteiger partial charge in [0.25, 0.3) is 0 Å². The van der Waals surface area contributed by atoms with Crippen LogP contribution in [0.2, 0.25) is 0 Å². The lowest BCUT2D eigenvalue weighted by atomic mass is 10.2. The average Bonchev–Trinajstić information content (AvgIpc) is 2.04. The molecule has 0 radical (unpaired) electrons. The minimum absolute atomic E-state index is 0.0306. The number of hydrogen-bond acceptors (Lipinski definition) is 3. The van der Waals surface area contributed by atoms with Gasteiger partial charge in [-0.15, -0.1) is 0 Å². The minimum Gasteiger partial charge on any atom is -0.478 e. The predicted molar refractivity (Wildman–Crippen MR) is 50.1 cm³/mol. The summed E-state index contributed by atoms with van der Waals surface area (Å²) in [6.45, 7) is 4.07. The van der Waals surface area contributed by atoms with Crippen LogP contribution in [0.4, 0.5) is 0 Å². The van der Waals surface area contributed by atoms with Gasteiger partial charge >= 0.3 is 5.97 Å². The molecule has 1 aliphatic heterocycles. The molecule has 1 atom stereocenters. The van der Waals surface area contributed by atoms with Crippen LogP contribution in [0.25, 0.3) is 0 Å². The molecule has 0 amide bonds. The van der Waals surface area contributed by atoms with E-state index >= 15 is 0 Å². The van der Waals surface area contributed by atoms with Crippen LogP contribution in [0, 0.1) is 0 Å². The van der Waals surface area contributed by atoms with Gasteiger partial charge in [0.05, 0.1) is 11.7 Å². The molecule has 0 saturated carbocycles. The summed E-state index contributed by atoms with van der Waals surface area (Å²) < 4.78 is 0. The van der Waals surface area contributed by atoms with Crippen LogP contribution >= 0.6 is 0 Å². The molecule has 0 spiro atoms. The first-order valence-corrected chi connectivity index (χ1v) is 4.23. The van der Waals surface area contributed by atoms with Gasteiger partial charge in [0, 0.05) is 12.2 Å². The van der Waals surface area contributed by atoms with Crippen molar-refractivity contribution in [2.45, 2.75) is 26.1 Å². The molecule has 1 rings (SSSR count). The lowest BCUT2D eigenvalue weighted by Crippen LogP contribution is -2.43. The van der Waals surface area contributed by atoms with E-state index in [2.05, 4.69) is 10.6 Å². The van der Waals surface area contributed by atoms with Crippen molar-refractivity contribution in [3.63, 3.8) is 0 Å². The highest BCUT2D eigenvalue weighted by Gasteiger charge is 2.11. The van der Waals surface area contributed by atoms with Crippen molar-refractivity contribution < 1.29 is 9.90 Å². The third kappa shape index (κ3) is 2.91. The smallest absolute Gasteiger partial charge is 0.337 e.